The highest BCUT2D eigenvalue weighted by Gasteiger charge is 2.22. The van der Waals surface area contributed by atoms with Gasteiger partial charge in [-0.1, -0.05) is 12.1 Å². The Morgan fingerprint density at radius 3 is 2.52 bits per heavy atom. The zero-order valence-electron chi connectivity index (χ0n) is 12.5. The number of anilines is 1. The second-order valence-electron chi connectivity index (χ2n) is 5.05. The summed E-state index contributed by atoms with van der Waals surface area (Å²) in [6.45, 7) is 3.10. The standard InChI is InChI=1S/C15H15F4N3O/c1-8-4-3-5-10(9(8)2)20-13(23)7-22-12(15(18)19)6-11(21-22)14(16)17/h3-6,14-15H,7H2,1-2H3,(H,20,23). The van der Waals surface area contributed by atoms with E-state index in [2.05, 4.69) is 10.4 Å². The molecule has 2 rings (SSSR count). The molecule has 0 radical (unpaired) electrons. The average Bonchev–Trinajstić information content (AvgIpc) is 2.88. The molecule has 0 aliphatic rings. The zero-order valence-corrected chi connectivity index (χ0v) is 12.5. The Bertz CT molecular complexity index is 713. The molecule has 1 aromatic heterocycles. The normalized spacial score (nSPS) is 11.3. The first-order valence-electron chi connectivity index (χ1n) is 6.79. The lowest BCUT2D eigenvalue weighted by molar-refractivity contribution is -0.117. The molecule has 0 aliphatic carbocycles. The summed E-state index contributed by atoms with van der Waals surface area (Å²) in [4.78, 5) is 12.0. The third-order valence-electron chi connectivity index (χ3n) is 3.45. The van der Waals surface area contributed by atoms with Gasteiger partial charge in [-0.15, -0.1) is 0 Å². The van der Waals surface area contributed by atoms with Crippen molar-refractivity contribution in [3.63, 3.8) is 0 Å². The molecular formula is C15H15F4N3O. The quantitative estimate of drug-likeness (QED) is 0.843. The molecule has 124 valence electrons. The van der Waals surface area contributed by atoms with Crippen LogP contribution >= 0.6 is 0 Å². The smallest absolute Gasteiger partial charge is 0.282 e. The number of aromatic nitrogens is 2. The van der Waals surface area contributed by atoms with Gasteiger partial charge in [-0.25, -0.2) is 17.6 Å². The summed E-state index contributed by atoms with van der Waals surface area (Å²) in [6.07, 6.45) is -5.97. The maximum absolute atomic E-state index is 12.9. The van der Waals surface area contributed by atoms with E-state index in [4.69, 9.17) is 0 Å². The number of alkyl halides is 4. The Kier molecular flexibility index (Phi) is 5.02. The predicted molar refractivity (Wildman–Crippen MR) is 76.7 cm³/mol. The fourth-order valence-electron chi connectivity index (χ4n) is 2.07. The Balaban J connectivity index is 2.18. The van der Waals surface area contributed by atoms with Crippen LogP contribution in [0.2, 0.25) is 0 Å². The van der Waals surface area contributed by atoms with Gasteiger partial charge in [0.15, 0.2) is 0 Å². The minimum atomic E-state index is -3.00. The molecule has 0 unspecified atom stereocenters. The highest BCUT2D eigenvalue weighted by atomic mass is 19.3. The van der Waals surface area contributed by atoms with Crippen LogP contribution in [0.15, 0.2) is 24.3 Å². The SMILES string of the molecule is Cc1cccc(NC(=O)Cn2nc(C(F)F)cc2C(F)F)c1C. The minimum absolute atomic E-state index is 0.537. The second kappa shape index (κ2) is 6.80. The molecule has 0 spiro atoms. The summed E-state index contributed by atoms with van der Waals surface area (Å²) in [7, 11) is 0. The van der Waals surface area contributed by atoms with Crippen LogP contribution in [0.3, 0.4) is 0 Å². The number of carbonyl (C=O) groups is 1. The largest absolute Gasteiger partial charge is 0.324 e. The fourth-order valence-corrected chi connectivity index (χ4v) is 2.07. The molecule has 23 heavy (non-hydrogen) atoms. The fraction of sp³-hybridized carbons (Fsp3) is 0.333. The van der Waals surface area contributed by atoms with Crippen LogP contribution in [0, 0.1) is 13.8 Å². The van der Waals surface area contributed by atoms with Crippen molar-refractivity contribution in [3.8, 4) is 0 Å². The average molecular weight is 329 g/mol. The van der Waals surface area contributed by atoms with Gasteiger partial charge in [0.25, 0.3) is 12.9 Å². The van der Waals surface area contributed by atoms with E-state index >= 15 is 0 Å². The van der Waals surface area contributed by atoms with Crippen LogP contribution in [-0.2, 0) is 11.3 Å². The lowest BCUT2D eigenvalue weighted by atomic mass is 10.1. The van der Waals surface area contributed by atoms with Crippen molar-refractivity contribution in [1.82, 2.24) is 9.78 Å². The summed E-state index contributed by atoms with van der Waals surface area (Å²) in [5.74, 6) is -0.621. The third kappa shape index (κ3) is 3.88. The number of hydrogen-bond donors (Lipinski definition) is 1. The van der Waals surface area contributed by atoms with E-state index in [9.17, 15) is 22.4 Å². The summed E-state index contributed by atoms with van der Waals surface area (Å²) < 4.78 is 51.5. The van der Waals surface area contributed by atoms with Crippen molar-refractivity contribution in [2.24, 2.45) is 0 Å². The number of benzene rings is 1. The third-order valence-corrected chi connectivity index (χ3v) is 3.45. The number of rotatable bonds is 5. The molecule has 8 heteroatoms. The van der Waals surface area contributed by atoms with Crippen LogP contribution in [0.25, 0.3) is 0 Å². The number of hydrogen-bond acceptors (Lipinski definition) is 2. The molecule has 1 amide bonds. The van der Waals surface area contributed by atoms with Crippen LogP contribution in [0.4, 0.5) is 23.2 Å². The van der Waals surface area contributed by atoms with E-state index in [1.54, 1.807) is 19.1 Å². The lowest BCUT2D eigenvalue weighted by Gasteiger charge is -2.11. The maximum atomic E-state index is 12.9. The monoisotopic (exact) mass is 329 g/mol. The molecule has 4 nitrogen and oxygen atoms in total. The van der Waals surface area contributed by atoms with Gasteiger partial charge in [0, 0.05) is 5.69 Å². The van der Waals surface area contributed by atoms with Gasteiger partial charge in [0.05, 0.1) is 0 Å². The molecule has 1 heterocycles. The van der Waals surface area contributed by atoms with Gasteiger partial charge in [-0.3, -0.25) is 9.48 Å². The molecule has 1 aromatic carbocycles. The summed E-state index contributed by atoms with van der Waals surface area (Å²) >= 11 is 0. The van der Waals surface area contributed by atoms with E-state index in [1.807, 2.05) is 13.0 Å². The number of nitrogens with zero attached hydrogens (tertiary/aromatic N) is 2. The van der Waals surface area contributed by atoms with Crippen LogP contribution in [0.5, 0.6) is 0 Å². The van der Waals surface area contributed by atoms with Crippen molar-refractivity contribution < 1.29 is 22.4 Å². The summed E-state index contributed by atoms with van der Waals surface area (Å²) in [6, 6.07) is 5.89. The van der Waals surface area contributed by atoms with Gasteiger partial charge in [-0.2, -0.15) is 5.10 Å². The van der Waals surface area contributed by atoms with Crippen molar-refractivity contribution in [2.75, 3.05) is 5.32 Å². The number of carbonyl (C=O) groups excluding carboxylic acids is 1. The maximum Gasteiger partial charge on any atom is 0.282 e. The van der Waals surface area contributed by atoms with Crippen LogP contribution in [0.1, 0.15) is 35.4 Å². The van der Waals surface area contributed by atoms with Crippen LogP contribution in [-0.4, -0.2) is 15.7 Å². The van der Waals surface area contributed by atoms with Gasteiger partial charge < -0.3 is 5.32 Å². The first kappa shape index (κ1) is 17.0. The number of nitrogens with one attached hydrogen (secondary N) is 1. The summed E-state index contributed by atoms with van der Waals surface area (Å²) in [5.41, 5.74) is 0.838. The van der Waals surface area contributed by atoms with E-state index in [0.717, 1.165) is 11.1 Å². The minimum Gasteiger partial charge on any atom is -0.324 e. The Morgan fingerprint density at radius 2 is 1.91 bits per heavy atom. The predicted octanol–water partition coefficient (Wildman–Crippen LogP) is 4.01. The number of amides is 1. The van der Waals surface area contributed by atoms with E-state index in [1.165, 1.54) is 0 Å². The number of halogens is 4. The highest BCUT2D eigenvalue weighted by molar-refractivity contribution is 5.91. The molecule has 0 fully saturated rings. The molecule has 0 atom stereocenters. The molecule has 2 aromatic rings. The first-order valence-corrected chi connectivity index (χ1v) is 6.79. The first-order chi connectivity index (χ1) is 10.8. The van der Waals surface area contributed by atoms with Gasteiger partial charge in [-0.05, 0) is 37.1 Å². The molecule has 1 N–H and O–H groups in total. The molecule has 0 saturated heterocycles. The van der Waals surface area contributed by atoms with Crippen LogP contribution < -0.4 is 5.32 Å². The Labute approximate surface area is 130 Å². The van der Waals surface area contributed by atoms with Gasteiger partial charge in [0.2, 0.25) is 5.91 Å². The summed E-state index contributed by atoms with van der Waals surface area (Å²) in [5, 5.41) is 5.95. The molecule has 0 saturated carbocycles. The molecular weight excluding hydrogens is 314 g/mol. The van der Waals surface area contributed by atoms with E-state index < -0.39 is 36.7 Å². The Hall–Kier alpha value is -2.38. The van der Waals surface area contributed by atoms with Gasteiger partial charge >= 0.3 is 0 Å². The van der Waals surface area contributed by atoms with Crippen molar-refractivity contribution in [2.45, 2.75) is 33.2 Å². The molecule has 0 aliphatic heterocycles. The van der Waals surface area contributed by atoms with Crippen molar-refractivity contribution in [1.29, 1.82) is 0 Å². The van der Waals surface area contributed by atoms with E-state index in [0.29, 0.717) is 16.4 Å². The zero-order chi connectivity index (χ0) is 17.1. The topological polar surface area (TPSA) is 46.9 Å². The van der Waals surface area contributed by atoms with E-state index in [-0.39, 0.29) is 0 Å². The lowest BCUT2D eigenvalue weighted by Crippen LogP contribution is -2.21. The second-order valence-corrected chi connectivity index (χ2v) is 5.05. The van der Waals surface area contributed by atoms with Crippen molar-refractivity contribution >= 4 is 11.6 Å². The highest BCUT2D eigenvalue weighted by Crippen LogP contribution is 2.25. The number of aryl methyl sites for hydroxylation is 1. The molecule has 0 bridgehead atoms. The van der Waals surface area contributed by atoms with Gasteiger partial charge in [0.1, 0.15) is 17.9 Å². The Morgan fingerprint density at radius 1 is 1.22 bits per heavy atom. The van der Waals surface area contributed by atoms with Crippen molar-refractivity contribution in [3.05, 3.63) is 46.8 Å².